The van der Waals surface area contributed by atoms with Crippen molar-refractivity contribution in [2.24, 2.45) is 5.92 Å². The first-order valence-corrected chi connectivity index (χ1v) is 10.6. The molecule has 0 aliphatic carbocycles. The number of nitrogens with one attached hydrogen (secondary N) is 1. The number of amides is 2. The van der Waals surface area contributed by atoms with Gasteiger partial charge < -0.3 is 34.3 Å². The lowest BCUT2D eigenvalue weighted by Crippen LogP contribution is -2.50. The van der Waals surface area contributed by atoms with Gasteiger partial charge in [-0.25, -0.2) is 4.79 Å². The summed E-state index contributed by atoms with van der Waals surface area (Å²) >= 11 is 6.24. The van der Waals surface area contributed by atoms with Crippen LogP contribution in [0.15, 0.2) is 6.07 Å². The zero-order valence-electron chi connectivity index (χ0n) is 18.2. The number of hydrogen-bond acceptors (Lipinski definition) is 7. The van der Waals surface area contributed by atoms with Gasteiger partial charge in [-0.2, -0.15) is 0 Å². The highest BCUT2D eigenvalue weighted by Crippen LogP contribution is 2.46. The molecule has 1 fully saturated rings. The molecule has 0 unspecified atom stereocenters. The fourth-order valence-corrected chi connectivity index (χ4v) is 3.81. The molecule has 2 aliphatic heterocycles. The molecule has 172 valence electrons. The number of aliphatic hydroxyl groups excluding tert-OH is 1. The maximum Gasteiger partial charge on any atom is 0.410 e. The summed E-state index contributed by atoms with van der Waals surface area (Å²) in [6, 6.07) is 1.48. The molecule has 2 aliphatic rings. The molecule has 1 aromatic carbocycles. The standard InChI is InChI=1S/C21H29ClN2O7/c1-21(2,3)31-20(27)24-6-5-12(15(25)11-24)10-23-19(26)13-9-14(22)17(28-4)18-16(13)29-7-8-30-18/h9,12,15,25H,5-8,10-11H2,1-4H3,(H,23,26)/t12-,15+/m0/s1. The Kier molecular flexibility index (Phi) is 7.06. The van der Waals surface area contributed by atoms with Crippen LogP contribution in [-0.4, -0.2) is 73.7 Å². The quantitative estimate of drug-likeness (QED) is 0.716. The molecule has 3 rings (SSSR count). The summed E-state index contributed by atoms with van der Waals surface area (Å²) in [5.74, 6) is 0.303. The molecule has 2 amide bonds. The predicted molar refractivity (Wildman–Crippen MR) is 113 cm³/mol. The van der Waals surface area contributed by atoms with Crippen LogP contribution in [0.5, 0.6) is 17.2 Å². The van der Waals surface area contributed by atoms with Crippen molar-refractivity contribution in [1.82, 2.24) is 10.2 Å². The Bertz CT molecular complexity index is 840. The molecule has 1 aromatic rings. The highest BCUT2D eigenvalue weighted by molar-refractivity contribution is 6.33. The van der Waals surface area contributed by atoms with E-state index < -0.39 is 23.7 Å². The van der Waals surface area contributed by atoms with Crippen LogP contribution in [-0.2, 0) is 4.74 Å². The molecule has 0 bridgehead atoms. The van der Waals surface area contributed by atoms with Gasteiger partial charge in [0.15, 0.2) is 11.5 Å². The molecule has 2 N–H and O–H groups in total. The molecule has 0 radical (unpaired) electrons. The number of piperidine rings is 1. The third kappa shape index (κ3) is 5.46. The van der Waals surface area contributed by atoms with Gasteiger partial charge in [0.1, 0.15) is 18.8 Å². The fraction of sp³-hybridized carbons (Fsp3) is 0.619. The summed E-state index contributed by atoms with van der Waals surface area (Å²) in [5, 5.41) is 13.6. The lowest BCUT2D eigenvalue weighted by atomic mass is 9.94. The number of ether oxygens (including phenoxy) is 4. The number of likely N-dealkylation sites (tertiary alicyclic amines) is 1. The van der Waals surface area contributed by atoms with E-state index in [1.54, 1.807) is 20.8 Å². The van der Waals surface area contributed by atoms with Crippen molar-refractivity contribution in [3.05, 3.63) is 16.7 Å². The summed E-state index contributed by atoms with van der Waals surface area (Å²) in [6.07, 6.45) is -0.706. The van der Waals surface area contributed by atoms with Gasteiger partial charge in [0.05, 0.1) is 30.3 Å². The van der Waals surface area contributed by atoms with Crippen molar-refractivity contribution in [3.63, 3.8) is 0 Å². The number of aliphatic hydroxyl groups is 1. The minimum atomic E-state index is -0.783. The summed E-state index contributed by atoms with van der Waals surface area (Å²) in [4.78, 5) is 26.5. The highest BCUT2D eigenvalue weighted by Gasteiger charge is 2.33. The molecule has 0 spiro atoms. The maximum absolute atomic E-state index is 12.8. The van der Waals surface area contributed by atoms with Gasteiger partial charge in [-0.15, -0.1) is 0 Å². The zero-order valence-corrected chi connectivity index (χ0v) is 19.0. The lowest BCUT2D eigenvalue weighted by Gasteiger charge is -2.36. The molecular formula is C21H29ClN2O7. The number of benzene rings is 1. The van der Waals surface area contributed by atoms with E-state index >= 15 is 0 Å². The van der Waals surface area contributed by atoms with E-state index in [1.165, 1.54) is 18.1 Å². The van der Waals surface area contributed by atoms with Crippen molar-refractivity contribution in [1.29, 1.82) is 0 Å². The Balaban J connectivity index is 1.62. The van der Waals surface area contributed by atoms with E-state index in [0.717, 1.165) is 0 Å². The molecule has 31 heavy (non-hydrogen) atoms. The lowest BCUT2D eigenvalue weighted by molar-refractivity contribution is -0.0122. The third-order valence-electron chi connectivity index (χ3n) is 5.07. The zero-order chi connectivity index (χ0) is 22.8. The van der Waals surface area contributed by atoms with Crippen molar-refractivity contribution in [2.45, 2.75) is 38.9 Å². The van der Waals surface area contributed by atoms with Crippen molar-refractivity contribution >= 4 is 23.6 Å². The van der Waals surface area contributed by atoms with Crippen LogP contribution in [0, 0.1) is 5.92 Å². The molecule has 10 heteroatoms. The van der Waals surface area contributed by atoms with Gasteiger partial charge in [-0.05, 0) is 33.3 Å². The summed E-state index contributed by atoms with van der Waals surface area (Å²) in [7, 11) is 1.46. The Morgan fingerprint density at radius 3 is 2.58 bits per heavy atom. The van der Waals surface area contributed by atoms with Crippen molar-refractivity contribution < 1.29 is 33.6 Å². The monoisotopic (exact) mass is 456 g/mol. The van der Waals surface area contributed by atoms with Crippen LogP contribution in [0.2, 0.25) is 5.02 Å². The van der Waals surface area contributed by atoms with Crippen LogP contribution in [0.1, 0.15) is 37.6 Å². The van der Waals surface area contributed by atoms with E-state index in [1.807, 2.05) is 0 Å². The van der Waals surface area contributed by atoms with Crippen LogP contribution in [0.3, 0.4) is 0 Å². The first-order valence-electron chi connectivity index (χ1n) is 10.2. The first kappa shape index (κ1) is 23.3. The number of halogens is 1. The molecule has 2 atom stereocenters. The number of rotatable bonds is 4. The summed E-state index contributed by atoms with van der Waals surface area (Å²) in [6.45, 7) is 6.84. The Hall–Kier alpha value is -2.39. The second-order valence-electron chi connectivity index (χ2n) is 8.55. The SMILES string of the molecule is COc1c(Cl)cc(C(=O)NC[C@@H]2CCN(C(=O)OC(C)(C)C)C[C@H]2O)c2c1OCCO2. The van der Waals surface area contributed by atoms with Gasteiger partial charge in [0, 0.05) is 19.0 Å². The largest absolute Gasteiger partial charge is 0.491 e. The second kappa shape index (κ2) is 9.40. The number of β-amino-alcohol motifs (C(OH)–C–C–N with tert-alkyl or cyclic N) is 1. The van der Waals surface area contributed by atoms with Gasteiger partial charge in [0.25, 0.3) is 5.91 Å². The van der Waals surface area contributed by atoms with E-state index in [4.69, 9.17) is 30.5 Å². The number of carbonyl (C=O) groups is 2. The van der Waals surface area contributed by atoms with Crippen molar-refractivity contribution in [2.75, 3.05) is 40.0 Å². The van der Waals surface area contributed by atoms with Crippen molar-refractivity contribution in [3.8, 4) is 17.2 Å². The average Bonchev–Trinajstić information content (AvgIpc) is 2.70. The number of nitrogens with zero attached hydrogens (tertiary/aromatic N) is 1. The first-order chi connectivity index (χ1) is 14.6. The molecule has 9 nitrogen and oxygen atoms in total. The maximum atomic E-state index is 12.8. The average molecular weight is 457 g/mol. The Morgan fingerprint density at radius 2 is 1.97 bits per heavy atom. The Morgan fingerprint density at radius 1 is 1.29 bits per heavy atom. The molecule has 2 heterocycles. The molecule has 0 aromatic heterocycles. The van der Waals surface area contributed by atoms with Gasteiger partial charge >= 0.3 is 6.09 Å². The van der Waals surface area contributed by atoms with Crippen LogP contribution >= 0.6 is 11.6 Å². The van der Waals surface area contributed by atoms with Gasteiger partial charge in [-0.3, -0.25) is 4.79 Å². The molecule has 1 saturated heterocycles. The second-order valence-corrected chi connectivity index (χ2v) is 8.95. The smallest absolute Gasteiger partial charge is 0.410 e. The van der Waals surface area contributed by atoms with Gasteiger partial charge in [0.2, 0.25) is 5.75 Å². The molecule has 0 saturated carbocycles. The fourth-order valence-electron chi connectivity index (χ4n) is 3.54. The van der Waals surface area contributed by atoms with Crippen LogP contribution in [0.25, 0.3) is 0 Å². The summed E-state index contributed by atoms with van der Waals surface area (Å²) in [5.41, 5.74) is -0.363. The Labute approximate surface area is 186 Å². The normalized spacial score (nSPS) is 20.8. The van der Waals surface area contributed by atoms with E-state index in [0.29, 0.717) is 37.7 Å². The number of fused-ring (bicyclic) bond motifs is 1. The predicted octanol–water partition coefficient (Wildman–Crippen LogP) is 2.47. The van der Waals surface area contributed by atoms with E-state index in [2.05, 4.69) is 5.32 Å². The van der Waals surface area contributed by atoms with E-state index in [-0.39, 0.29) is 35.3 Å². The third-order valence-corrected chi connectivity index (χ3v) is 5.35. The highest BCUT2D eigenvalue weighted by atomic mass is 35.5. The van der Waals surface area contributed by atoms with E-state index in [9.17, 15) is 14.7 Å². The van der Waals surface area contributed by atoms with Crippen LogP contribution < -0.4 is 19.5 Å². The summed E-state index contributed by atoms with van der Waals surface area (Å²) < 4.78 is 21.8. The minimum absolute atomic E-state index is 0.149. The molecular weight excluding hydrogens is 428 g/mol. The minimum Gasteiger partial charge on any atom is -0.491 e. The van der Waals surface area contributed by atoms with Gasteiger partial charge in [-0.1, -0.05) is 11.6 Å². The van der Waals surface area contributed by atoms with Crippen LogP contribution in [0.4, 0.5) is 4.79 Å². The number of carbonyl (C=O) groups excluding carboxylic acids is 2. The number of hydrogen-bond donors (Lipinski definition) is 2. The topological polar surface area (TPSA) is 107 Å². The number of methoxy groups -OCH3 is 1.